The van der Waals surface area contributed by atoms with Crippen LogP contribution in [0.15, 0.2) is 81.6 Å². The maximum atomic E-state index is 12.4. The topological polar surface area (TPSA) is 351 Å². The molecule has 0 aliphatic carbocycles. The van der Waals surface area contributed by atoms with Gasteiger partial charge in [0.05, 0.1) is 84.0 Å². The maximum Gasteiger partial charge on any atom is 0.369 e. The van der Waals surface area contributed by atoms with E-state index in [9.17, 15) is 57.5 Å². The number of aliphatic hydroxyl groups excluding tert-OH is 1. The van der Waals surface area contributed by atoms with E-state index >= 15 is 0 Å². The van der Waals surface area contributed by atoms with Crippen molar-refractivity contribution in [2.45, 2.75) is 64.0 Å². The van der Waals surface area contributed by atoms with Crippen LogP contribution in [0.25, 0.3) is 0 Å². The second-order valence-electron chi connectivity index (χ2n) is 12.9. The fraction of sp³-hybridized carbons (Fsp3) is 0.471. The summed E-state index contributed by atoms with van der Waals surface area (Å²) in [6.07, 6.45) is 2.22. The predicted octanol–water partition coefficient (Wildman–Crippen LogP) is -7.07. The van der Waals surface area contributed by atoms with E-state index < -0.39 is 75.7 Å². The Hall–Kier alpha value is -7.30. The minimum atomic E-state index is -1.16. The van der Waals surface area contributed by atoms with Gasteiger partial charge in [0.2, 0.25) is 11.8 Å². The molecule has 4 aliphatic rings. The Morgan fingerprint density at radius 1 is 0.548 bits per heavy atom. The van der Waals surface area contributed by atoms with Crippen molar-refractivity contribution in [2.24, 2.45) is 14.1 Å². The number of hydrogen-bond acceptors (Lipinski definition) is 17. The van der Waals surface area contributed by atoms with Gasteiger partial charge in [-0.3, -0.25) is 20.2 Å². The first-order valence-corrected chi connectivity index (χ1v) is 18.1. The molecule has 62 heavy (non-hydrogen) atoms. The second-order valence-corrected chi connectivity index (χ2v) is 12.9. The highest BCUT2D eigenvalue weighted by molar-refractivity contribution is 6.14. The van der Waals surface area contributed by atoms with E-state index in [0.29, 0.717) is 29.0 Å². The number of rotatable bonds is 12. The molecule has 3 aromatic heterocycles. The third kappa shape index (κ3) is 12.4. The standard InChI is InChI=1S/C12H15N3O6.C10H13N3O3.C6H9N3O5.C4H4N2O3.C2H4/c16-10-13(1-7-4-19-7)11(17)15(3-9-6-21-9)12(18)14(10)2-8-5-20-8;1-4-6-12-8(14)11(3)9(15)13(7-5-2)10(12)16;1-7-4(11)8(2-3-10)6(13)9(14)5(7)12;7-2-1-3(8)6-4(9)5-2;1-2/h7-9H,1-6H2;4-5H,1-2,6-7H2,3H3;10,14H,2-3H2,1H3;1H2,(H2,5,6,7,8,9);1-2H2. The molecule has 7 rings (SSSR count). The second kappa shape index (κ2) is 21.8. The molecule has 7 heterocycles. The summed E-state index contributed by atoms with van der Waals surface area (Å²) in [6.45, 7) is 14.5. The van der Waals surface area contributed by atoms with Gasteiger partial charge in [-0.2, -0.15) is 0 Å². The number of carbonyl (C=O) groups is 3. The lowest BCUT2D eigenvalue weighted by Crippen LogP contribution is -2.55. The molecule has 4 aliphatic heterocycles. The minimum Gasteiger partial charge on any atom is -0.420 e. The average molecular weight is 880 g/mol. The lowest BCUT2D eigenvalue weighted by atomic mass is 10.3. The Balaban J connectivity index is 0.000000226. The van der Waals surface area contributed by atoms with Gasteiger partial charge in [-0.05, 0) is 0 Å². The molecule has 4 N–H and O–H groups in total. The van der Waals surface area contributed by atoms with Crippen LogP contribution in [0.4, 0.5) is 4.79 Å². The number of aliphatic hydroxyl groups is 1. The van der Waals surface area contributed by atoms with Crippen molar-refractivity contribution < 1.29 is 38.9 Å². The number of imide groups is 2. The molecule has 338 valence electrons. The summed E-state index contributed by atoms with van der Waals surface area (Å²) >= 11 is 0. The van der Waals surface area contributed by atoms with Crippen LogP contribution >= 0.6 is 0 Å². The van der Waals surface area contributed by atoms with Crippen LogP contribution in [0.1, 0.15) is 6.42 Å². The largest absolute Gasteiger partial charge is 0.420 e. The number of amides is 4. The van der Waals surface area contributed by atoms with E-state index in [1.165, 1.54) is 19.2 Å². The summed E-state index contributed by atoms with van der Waals surface area (Å²) < 4.78 is 22.2. The number of epoxide rings is 3. The van der Waals surface area contributed by atoms with E-state index in [4.69, 9.17) is 24.5 Å². The zero-order chi connectivity index (χ0) is 46.6. The summed E-state index contributed by atoms with van der Waals surface area (Å²) in [6, 6.07) is -0.740. The molecule has 3 aromatic rings. The Bertz CT molecular complexity index is 2480. The maximum absolute atomic E-state index is 12.4. The summed E-state index contributed by atoms with van der Waals surface area (Å²) in [7, 11) is 2.44. The molecule has 0 saturated carbocycles. The van der Waals surface area contributed by atoms with Crippen LogP contribution in [0.2, 0.25) is 0 Å². The lowest BCUT2D eigenvalue weighted by Gasteiger charge is -2.12. The Morgan fingerprint density at radius 3 is 1.18 bits per heavy atom. The summed E-state index contributed by atoms with van der Waals surface area (Å²) in [5, 5.41) is 21.3. The number of carbonyl (C=O) groups excluding carboxylic acids is 3. The van der Waals surface area contributed by atoms with Gasteiger partial charge < -0.3 is 24.5 Å². The van der Waals surface area contributed by atoms with E-state index in [1.807, 2.05) is 10.6 Å². The van der Waals surface area contributed by atoms with Gasteiger partial charge in [-0.15, -0.1) is 26.3 Å². The number of aromatic nitrogens is 9. The van der Waals surface area contributed by atoms with E-state index in [0.717, 1.165) is 34.5 Å². The monoisotopic (exact) mass is 879 g/mol. The summed E-state index contributed by atoms with van der Waals surface area (Å²) in [5.74, 6) is -1.10. The van der Waals surface area contributed by atoms with Crippen molar-refractivity contribution in [1.82, 2.24) is 51.9 Å². The summed E-state index contributed by atoms with van der Waals surface area (Å²) in [4.78, 5) is 136. The highest BCUT2D eigenvalue weighted by Gasteiger charge is 2.31. The third-order valence-corrected chi connectivity index (χ3v) is 8.42. The first-order valence-electron chi connectivity index (χ1n) is 18.1. The fourth-order valence-electron chi connectivity index (χ4n) is 5.10. The van der Waals surface area contributed by atoms with Gasteiger partial charge in [0.25, 0.3) is 0 Å². The van der Waals surface area contributed by atoms with Crippen molar-refractivity contribution in [1.29, 1.82) is 0 Å². The average Bonchev–Trinajstić information content (AvgIpc) is 4.08. The van der Waals surface area contributed by atoms with E-state index in [1.54, 1.807) is 0 Å². The molecule has 4 amide bonds. The van der Waals surface area contributed by atoms with Gasteiger partial charge in [-0.25, -0.2) is 84.5 Å². The van der Waals surface area contributed by atoms with E-state index in [-0.39, 0.29) is 68.7 Å². The lowest BCUT2D eigenvalue weighted by molar-refractivity contribution is -0.129. The molecule has 0 spiro atoms. The van der Waals surface area contributed by atoms with Gasteiger partial charge in [0, 0.05) is 14.1 Å². The van der Waals surface area contributed by atoms with Crippen molar-refractivity contribution in [3.05, 3.63) is 133 Å². The number of barbiturate groups is 1. The number of nitrogens with zero attached hydrogens (tertiary/aromatic N) is 9. The van der Waals surface area contributed by atoms with Gasteiger partial charge in [0.1, 0.15) is 6.42 Å². The SMILES string of the molecule is C=C.C=CCn1c(=O)n(C)c(=O)n(CC=C)c1=O.Cn1c(=O)n(O)c(=O)n(CCO)c1=O.O=C1CC(=O)NC(=O)N1.O=c1n(CC2CO2)c(=O)n(CC2CO2)c(=O)n1CC1CO1. The van der Waals surface area contributed by atoms with Crippen LogP contribution in [0, 0.1) is 0 Å². The molecule has 3 unspecified atom stereocenters. The van der Waals surface area contributed by atoms with Crippen LogP contribution in [0.3, 0.4) is 0 Å². The van der Waals surface area contributed by atoms with Crippen LogP contribution in [-0.2, 0) is 77.2 Å². The van der Waals surface area contributed by atoms with E-state index in [2.05, 4.69) is 26.3 Å². The molecular weight excluding hydrogens is 834 g/mol. The highest BCUT2D eigenvalue weighted by Crippen LogP contribution is 2.12. The van der Waals surface area contributed by atoms with Crippen LogP contribution in [0.5, 0.6) is 0 Å². The Kier molecular flexibility index (Phi) is 17.3. The third-order valence-electron chi connectivity index (χ3n) is 8.42. The fourth-order valence-corrected chi connectivity index (χ4v) is 5.10. The van der Waals surface area contributed by atoms with Gasteiger partial charge >= 0.3 is 57.2 Å². The van der Waals surface area contributed by atoms with Gasteiger partial charge in [0.15, 0.2) is 0 Å². The molecular formula is C34H45N11O17. The molecule has 0 radical (unpaired) electrons. The minimum absolute atomic E-state index is 0.0724. The molecule has 28 heteroatoms. The molecule has 4 saturated heterocycles. The number of nitrogens with one attached hydrogen (secondary N) is 2. The highest BCUT2D eigenvalue weighted by atomic mass is 16.6. The first kappa shape index (κ1) is 49.1. The van der Waals surface area contributed by atoms with Crippen molar-refractivity contribution in [3.8, 4) is 0 Å². The number of urea groups is 1. The molecule has 28 nitrogen and oxygen atoms in total. The van der Waals surface area contributed by atoms with Gasteiger partial charge in [-0.1, -0.05) is 16.9 Å². The first-order chi connectivity index (χ1) is 29.4. The smallest absolute Gasteiger partial charge is 0.369 e. The number of hydrogen-bond donors (Lipinski definition) is 4. The molecule has 0 bridgehead atoms. The zero-order valence-electron chi connectivity index (χ0n) is 33.5. The van der Waals surface area contributed by atoms with Crippen molar-refractivity contribution >= 4 is 17.8 Å². The number of ether oxygens (including phenoxy) is 3. The van der Waals surface area contributed by atoms with Crippen molar-refractivity contribution in [2.75, 3.05) is 26.4 Å². The Labute approximate surface area is 345 Å². The van der Waals surface area contributed by atoms with Crippen molar-refractivity contribution in [3.63, 3.8) is 0 Å². The van der Waals surface area contributed by atoms with Crippen LogP contribution < -0.4 is 61.8 Å². The Morgan fingerprint density at radius 2 is 0.871 bits per heavy atom. The molecule has 4 fully saturated rings. The normalized spacial score (nSPS) is 17.7. The number of allylic oxidation sites excluding steroid dienone is 2. The zero-order valence-corrected chi connectivity index (χ0v) is 33.5. The summed E-state index contributed by atoms with van der Waals surface area (Å²) in [5.41, 5.74) is -6.86. The predicted molar refractivity (Wildman–Crippen MR) is 211 cm³/mol. The quantitative estimate of drug-likeness (QED) is 0.0568. The molecule has 0 aromatic carbocycles. The van der Waals surface area contributed by atoms with Crippen LogP contribution in [-0.4, -0.2) is 114 Å². The molecule has 3 atom stereocenters.